The van der Waals surface area contributed by atoms with Crippen LogP contribution in [-0.4, -0.2) is 35.9 Å². The van der Waals surface area contributed by atoms with Crippen molar-refractivity contribution in [2.75, 3.05) is 13.2 Å². The van der Waals surface area contributed by atoms with E-state index in [2.05, 4.69) is 10.6 Å². The van der Waals surface area contributed by atoms with Crippen molar-refractivity contribution in [1.82, 2.24) is 10.6 Å². The fourth-order valence-electron chi connectivity index (χ4n) is 2.12. The number of aliphatic carboxylic acids is 1. The number of nitrogens with one attached hydrogen (secondary N) is 2. The zero-order valence-corrected chi connectivity index (χ0v) is 11.3. The van der Waals surface area contributed by atoms with Crippen LogP contribution in [0.2, 0.25) is 0 Å². The lowest BCUT2D eigenvalue weighted by Gasteiger charge is -2.33. The number of carbonyl (C=O) groups excluding carboxylic acids is 1. The summed E-state index contributed by atoms with van der Waals surface area (Å²) in [6, 6.07) is 3.03. The number of furan rings is 1. The highest BCUT2D eigenvalue weighted by molar-refractivity contribution is 5.86. The monoisotopic (exact) mass is 282 g/mol. The summed E-state index contributed by atoms with van der Waals surface area (Å²) >= 11 is 0. The zero-order chi connectivity index (χ0) is 14.6. The van der Waals surface area contributed by atoms with Crippen LogP contribution in [0, 0.1) is 6.92 Å². The third-order valence-corrected chi connectivity index (χ3v) is 3.33. The molecule has 2 heterocycles. The van der Waals surface area contributed by atoms with Gasteiger partial charge < -0.3 is 24.9 Å². The zero-order valence-electron chi connectivity index (χ0n) is 11.3. The van der Waals surface area contributed by atoms with Crippen LogP contribution < -0.4 is 10.6 Å². The molecule has 1 aliphatic rings. The van der Waals surface area contributed by atoms with Gasteiger partial charge in [0.05, 0.1) is 6.54 Å². The highest BCUT2D eigenvalue weighted by atomic mass is 16.5. The summed E-state index contributed by atoms with van der Waals surface area (Å²) in [5, 5.41) is 14.4. The molecule has 2 rings (SSSR count). The maximum absolute atomic E-state index is 11.8. The average molecular weight is 282 g/mol. The van der Waals surface area contributed by atoms with Crippen LogP contribution in [0.15, 0.2) is 16.5 Å². The first-order valence-corrected chi connectivity index (χ1v) is 6.44. The van der Waals surface area contributed by atoms with E-state index in [0.29, 0.717) is 19.0 Å². The van der Waals surface area contributed by atoms with Gasteiger partial charge in [0.2, 0.25) is 0 Å². The second kappa shape index (κ2) is 5.96. The quantitative estimate of drug-likeness (QED) is 0.765. The van der Waals surface area contributed by atoms with Crippen molar-refractivity contribution in [2.45, 2.75) is 31.8 Å². The predicted octanol–water partition coefficient (Wildman–Crippen LogP) is 1.02. The summed E-state index contributed by atoms with van der Waals surface area (Å²) in [4.78, 5) is 23.2. The molecule has 1 aromatic rings. The van der Waals surface area contributed by atoms with Crippen molar-refractivity contribution in [1.29, 1.82) is 0 Å². The summed E-state index contributed by atoms with van der Waals surface area (Å²) in [6.07, 6.45) is 0.519. The normalized spacial score (nSPS) is 17.4. The third kappa shape index (κ3) is 3.30. The number of carboxylic acids is 1. The van der Waals surface area contributed by atoms with Gasteiger partial charge in [-0.25, -0.2) is 9.59 Å². The number of carboxylic acid groups (broad SMARTS) is 1. The molecule has 1 aliphatic heterocycles. The van der Waals surface area contributed by atoms with E-state index in [1.807, 2.05) is 6.92 Å². The minimum absolute atomic E-state index is 0.214. The Hall–Kier alpha value is -2.02. The van der Waals surface area contributed by atoms with Crippen molar-refractivity contribution in [2.24, 2.45) is 0 Å². The lowest BCUT2D eigenvalue weighted by atomic mass is 9.90. The highest BCUT2D eigenvalue weighted by Crippen LogP contribution is 2.21. The maximum atomic E-state index is 11.8. The van der Waals surface area contributed by atoms with Gasteiger partial charge in [0, 0.05) is 26.1 Å². The number of aryl methyl sites for hydroxylation is 1. The molecule has 0 atom stereocenters. The molecule has 7 nitrogen and oxygen atoms in total. The van der Waals surface area contributed by atoms with Crippen molar-refractivity contribution in [3.63, 3.8) is 0 Å². The fraction of sp³-hybridized carbons (Fsp3) is 0.538. The van der Waals surface area contributed by atoms with Crippen LogP contribution in [0.5, 0.6) is 0 Å². The van der Waals surface area contributed by atoms with E-state index < -0.39 is 17.5 Å². The number of ether oxygens (including phenoxy) is 1. The van der Waals surface area contributed by atoms with E-state index in [9.17, 15) is 14.7 Å². The minimum Gasteiger partial charge on any atom is -0.480 e. The van der Waals surface area contributed by atoms with Crippen molar-refractivity contribution in [3.8, 4) is 0 Å². The highest BCUT2D eigenvalue weighted by Gasteiger charge is 2.41. The number of amides is 2. The molecule has 0 unspecified atom stereocenters. The smallest absolute Gasteiger partial charge is 0.329 e. The third-order valence-electron chi connectivity index (χ3n) is 3.33. The van der Waals surface area contributed by atoms with Gasteiger partial charge in [-0.15, -0.1) is 0 Å². The standard InChI is InChI=1S/C13H18N2O5/c1-9-2-3-10(20-9)8-14-12(18)15-13(11(16)17)4-6-19-7-5-13/h2-3H,4-8H2,1H3,(H,16,17)(H2,14,15,18). The molecule has 0 spiro atoms. The van der Waals surface area contributed by atoms with Gasteiger partial charge in [0.25, 0.3) is 0 Å². The SMILES string of the molecule is Cc1ccc(CNC(=O)NC2(C(=O)O)CCOCC2)o1. The van der Waals surface area contributed by atoms with E-state index >= 15 is 0 Å². The largest absolute Gasteiger partial charge is 0.480 e. The van der Waals surface area contributed by atoms with Crippen LogP contribution in [0.25, 0.3) is 0 Å². The molecule has 0 saturated carbocycles. The first-order valence-electron chi connectivity index (χ1n) is 6.44. The van der Waals surface area contributed by atoms with E-state index in [1.54, 1.807) is 12.1 Å². The molecule has 7 heteroatoms. The number of hydrogen-bond acceptors (Lipinski definition) is 4. The molecule has 1 aromatic heterocycles. The first kappa shape index (κ1) is 14.4. The van der Waals surface area contributed by atoms with E-state index in [4.69, 9.17) is 9.15 Å². The Morgan fingerprint density at radius 2 is 2.05 bits per heavy atom. The lowest BCUT2D eigenvalue weighted by Crippen LogP contribution is -2.59. The fourth-order valence-corrected chi connectivity index (χ4v) is 2.12. The Labute approximate surface area is 116 Å². The van der Waals surface area contributed by atoms with Gasteiger partial charge in [0.1, 0.15) is 17.1 Å². The molecule has 0 aromatic carbocycles. The molecular weight excluding hydrogens is 264 g/mol. The second-order valence-corrected chi connectivity index (χ2v) is 4.82. The van der Waals surface area contributed by atoms with Crippen LogP contribution in [0.3, 0.4) is 0 Å². The Morgan fingerprint density at radius 1 is 1.35 bits per heavy atom. The van der Waals surface area contributed by atoms with Gasteiger partial charge in [-0.05, 0) is 19.1 Å². The molecule has 0 radical (unpaired) electrons. The first-order chi connectivity index (χ1) is 9.52. The number of urea groups is 1. The van der Waals surface area contributed by atoms with Gasteiger partial charge in [0.15, 0.2) is 0 Å². The molecule has 3 N–H and O–H groups in total. The second-order valence-electron chi connectivity index (χ2n) is 4.82. The number of carbonyl (C=O) groups is 2. The van der Waals surface area contributed by atoms with Crippen LogP contribution in [0.1, 0.15) is 24.4 Å². The summed E-state index contributed by atoms with van der Waals surface area (Å²) in [5.74, 6) is 0.340. The lowest BCUT2D eigenvalue weighted by molar-refractivity contribution is -0.148. The molecule has 1 fully saturated rings. The average Bonchev–Trinajstić information content (AvgIpc) is 2.83. The van der Waals surface area contributed by atoms with Crippen molar-refractivity contribution >= 4 is 12.0 Å². The number of hydrogen-bond donors (Lipinski definition) is 3. The summed E-state index contributed by atoms with van der Waals surface area (Å²) in [7, 11) is 0. The molecule has 110 valence electrons. The summed E-state index contributed by atoms with van der Waals surface area (Å²) in [5.41, 5.74) is -1.25. The molecule has 0 bridgehead atoms. The topological polar surface area (TPSA) is 101 Å². The van der Waals surface area contributed by atoms with E-state index in [0.717, 1.165) is 5.76 Å². The van der Waals surface area contributed by atoms with Crippen LogP contribution in [-0.2, 0) is 16.1 Å². The van der Waals surface area contributed by atoms with Crippen molar-refractivity contribution < 1.29 is 23.8 Å². The minimum atomic E-state index is -1.25. The van der Waals surface area contributed by atoms with Gasteiger partial charge in [-0.3, -0.25) is 0 Å². The maximum Gasteiger partial charge on any atom is 0.329 e. The van der Waals surface area contributed by atoms with Gasteiger partial charge in [-0.1, -0.05) is 0 Å². The predicted molar refractivity (Wildman–Crippen MR) is 69.2 cm³/mol. The van der Waals surface area contributed by atoms with Crippen molar-refractivity contribution in [3.05, 3.63) is 23.7 Å². The van der Waals surface area contributed by atoms with Gasteiger partial charge in [-0.2, -0.15) is 0 Å². The summed E-state index contributed by atoms with van der Waals surface area (Å²) < 4.78 is 10.5. The Balaban J connectivity index is 1.90. The number of rotatable bonds is 4. The van der Waals surface area contributed by atoms with E-state index in [1.165, 1.54) is 0 Å². The molecule has 0 aliphatic carbocycles. The molecule has 1 saturated heterocycles. The van der Waals surface area contributed by atoms with Crippen LogP contribution in [0.4, 0.5) is 4.79 Å². The Bertz CT molecular complexity index is 491. The van der Waals surface area contributed by atoms with E-state index in [-0.39, 0.29) is 19.4 Å². The van der Waals surface area contributed by atoms with Crippen LogP contribution >= 0.6 is 0 Å². The molecular formula is C13H18N2O5. The molecule has 20 heavy (non-hydrogen) atoms. The molecule has 2 amide bonds. The Kier molecular flexibility index (Phi) is 4.29. The van der Waals surface area contributed by atoms with Gasteiger partial charge >= 0.3 is 12.0 Å². The summed E-state index contributed by atoms with van der Waals surface area (Å²) in [6.45, 7) is 2.67. The Morgan fingerprint density at radius 3 is 2.60 bits per heavy atom.